The molecule has 1 heterocycles. The number of carboxylic acid groups (broad SMARTS) is 1. The summed E-state index contributed by atoms with van der Waals surface area (Å²) in [4.78, 5) is 40.7. The Balaban J connectivity index is 1.45. The lowest BCUT2D eigenvalue weighted by molar-refractivity contribution is -0.308. The topological polar surface area (TPSA) is 140 Å². The molecule has 0 amide bonds. The smallest absolute Gasteiger partial charge is 0.312 e. The second-order valence-corrected chi connectivity index (χ2v) is 12.8. The van der Waals surface area contributed by atoms with Crippen molar-refractivity contribution in [1.82, 2.24) is 0 Å². The number of Topliss-reactive ketones (excluding diaryl/α,β-unsaturated/α-hetero) is 1. The van der Waals surface area contributed by atoms with Gasteiger partial charge >= 0.3 is 5.97 Å². The maximum atomic E-state index is 14.0. The van der Waals surface area contributed by atoms with E-state index in [0.717, 1.165) is 19.1 Å². The van der Waals surface area contributed by atoms with Crippen LogP contribution in [0.4, 0.5) is 0 Å². The summed E-state index contributed by atoms with van der Waals surface area (Å²) >= 11 is 0. The first-order valence-electron chi connectivity index (χ1n) is 13.4. The van der Waals surface area contributed by atoms with Gasteiger partial charge in [-0.15, -0.1) is 0 Å². The number of ketones is 1. The Morgan fingerprint density at radius 3 is 2.42 bits per heavy atom. The van der Waals surface area contributed by atoms with Crippen molar-refractivity contribution in [3.8, 4) is 0 Å². The number of carbonyl (C=O) groups is 3. The fourth-order valence-electron chi connectivity index (χ4n) is 10.6. The maximum absolute atomic E-state index is 14.0. The Hall–Kier alpha value is -1.39. The van der Waals surface area contributed by atoms with Gasteiger partial charge in [0.2, 0.25) is 0 Å². The molecule has 5 aliphatic carbocycles. The molecule has 0 radical (unpaired) electrons. The molecular weight excluding hydrogens is 468 g/mol. The second-order valence-electron chi connectivity index (χ2n) is 12.8. The van der Waals surface area contributed by atoms with Crippen LogP contribution in [0.25, 0.3) is 0 Å². The van der Waals surface area contributed by atoms with Crippen LogP contribution in [0.2, 0.25) is 0 Å². The molecule has 6 fully saturated rings. The number of hydrogen-bond acceptors (Lipinski definition) is 8. The van der Waals surface area contributed by atoms with Crippen LogP contribution in [0.15, 0.2) is 0 Å². The Labute approximate surface area is 210 Å². The lowest BCUT2D eigenvalue weighted by atomic mass is 9.41. The highest BCUT2D eigenvalue weighted by atomic mass is 16.7. The average molecular weight is 507 g/mol. The molecule has 36 heavy (non-hydrogen) atoms. The normalized spacial score (nSPS) is 58.8. The summed E-state index contributed by atoms with van der Waals surface area (Å²) in [5.41, 5.74) is -4.78. The zero-order valence-corrected chi connectivity index (χ0v) is 21.4. The number of aliphatic carboxylic acids is 1. The molecule has 4 bridgehead atoms. The van der Waals surface area contributed by atoms with Crippen molar-refractivity contribution in [3.05, 3.63) is 0 Å². The van der Waals surface area contributed by atoms with Crippen LogP contribution in [0.5, 0.6) is 0 Å². The zero-order valence-electron chi connectivity index (χ0n) is 21.4. The van der Waals surface area contributed by atoms with Gasteiger partial charge in [-0.3, -0.25) is 9.59 Å². The number of methoxy groups -OCH3 is 1. The van der Waals surface area contributed by atoms with Gasteiger partial charge in [-0.05, 0) is 56.3 Å². The lowest BCUT2D eigenvalue weighted by Gasteiger charge is -2.59. The van der Waals surface area contributed by atoms with Crippen molar-refractivity contribution in [3.63, 3.8) is 0 Å². The van der Waals surface area contributed by atoms with Gasteiger partial charge in [0, 0.05) is 29.3 Å². The van der Waals surface area contributed by atoms with Crippen LogP contribution < -0.4 is 0 Å². The number of carboxylic acids is 1. The molecule has 3 N–H and O–H groups in total. The Morgan fingerprint density at radius 2 is 1.83 bits per heavy atom. The number of aliphatic hydroxyl groups excluding tert-OH is 2. The third-order valence-corrected chi connectivity index (χ3v) is 11.9. The molecule has 0 unspecified atom stereocenters. The van der Waals surface area contributed by atoms with E-state index in [2.05, 4.69) is 6.92 Å². The quantitative estimate of drug-likeness (QED) is 0.456. The highest BCUT2D eigenvalue weighted by molar-refractivity contribution is 6.06. The standard InChI is InChI=1S/C27H38O9/c1-12-5-6-16-15(12)8-25(11-35-22-19(30)18(29)20(34-4)14(3)36-22)17-9-24(16,10-28)27(25,23(32)33)26(21(17)31)7-13(26)2/h10,12-20,22,29-30H,5-9,11H2,1-4H3,(H,32,33)/t12-,13+,14-,15-,16-,17-,18+,19+,20-,22-,24+,25+,26-,27-/m1/s1. The van der Waals surface area contributed by atoms with Crippen molar-refractivity contribution < 1.29 is 43.9 Å². The van der Waals surface area contributed by atoms with Crippen molar-refractivity contribution >= 4 is 18.0 Å². The van der Waals surface area contributed by atoms with Crippen LogP contribution in [0, 0.1) is 51.2 Å². The van der Waals surface area contributed by atoms with Crippen molar-refractivity contribution in [1.29, 1.82) is 0 Å². The molecule has 5 saturated carbocycles. The second kappa shape index (κ2) is 7.59. The minimum atomic E-state index is -1.54. The van der Waals surface area contributed by atoms with Gasteiger partial charge in [0.05, 0.1) is 12.7 Å². The summed E-state index contributed by atoms with van der Waals surface area (Å²) in [6.07, 6.45) is -1.26. The molecule has 9 heteroatoms. The number of carbonyl (C=O) groups excluding carboxylic acids is 2. The third kappa shape index (κ3) is 2.40. The molecule has 6 aliphatic rings. The predicted octanol–water partition coefficient (Wildman–Crippen LogP) is 1.42. The van der Waals surface area contributed by atoms with Gasteiger partial charge in [0.15, 0.2) is 6.29 Å². The van der Waals surface area contributed by atoms with Crippen LogP contribution >= 0.6 is 0 Å². The Kier molecular flexibility index (Phi) is 5.26. The molecule has 1 saturated heterocycles. The van der Waals surface area contributed by atoms with E-state index in [-0.39, 0.29) is 36.6 Å². The number of aldehydes is 1. The fraction of sp³-hybridized carbons (Fsp3) is 0.889. The molecule has 0 aromatic rings. The third-order valence-electron chi connectivity index (χ3n) is 11.9. The van der Waals surface area contributed by atoms with Crippen LogP contribution in [-0.4, -0.2) is 77.8 Å². The van der Waals surface area contributed by atoms with Gasteiger partial charge in [-0.1, -0.05) is 20.3 Å². The van der Waals surface area contributed by atoms with Gasteiger partial charge in [0.1, 0.15) is 35.8 Å². The van der Waals surface area contributed by atoms with Crippen LogP contribution in [-0.2, 0) is 28.6 Å². The maximum Gasteiger partial charge on any atom is 0.312 e. The van der Waals surface area contributed by atoms with E-state index in [0.29, 0.717) is 18.8 Å². The van der Waals surface area contributed by atoms with Gasteiger partial charge < -0.3 is 34.3 Å². The summed E-state index contributed by atoms with van der Waals surface area (Å²) in [7, 11) is 1.43. The summed E-state index contributed by atoms with van der Waals surface area (Å²) in [5.74, 6) is -1.39. The van der Waals surface area contributed by atoms with E-state index in [1.807, 2.05) is 6.92 Å². The Morgan fingerprint density at radius 1 is 1.14 bits per heavy atom. The predicted molar refractivity (Wildman–Crippen MR) is 123 cm³/mol. The van der Waals surface area contributed by atoms with E-state index >= 15 is 0 Å². The van der Waals surface area contributed by atoms with E-state index in [4.69, 9.17) is 14.2 Å². The number of rotatable bonds is 6. The highest BCUT2D eigenvalue weighted by Crippen LogP contribution is 2.91. The first kappa shape index (κ1) is 24.9. The monoisotopic (exact) mass is 506 g/mol. The summed E-state index contributed by atoms with van der Waals surface area (Å²) in [6, 6.07) is 0. The molecule has 1 spiro atoms. The molecule has 6 rings (SSSR count). The number of aliphatic hydroxyl groups is 2. The molecule has 0 aromatic heterocycles. The minimum absolute atomic E-state index is 0.0240. The molecule has 1 aliphatic heterocycles. The van der Waals surface area contributed by atoms with E-state index in [9.17, 15) is 29.7 Å². The van der Waals surface area contributed by atoms with Gasteiger partial charge in [-0.2, -0.15) is 0 Å². The molecule has 0 aromatic carbocycles. The first-order chi connectivity index (χ1) is 17.0. The van der Waals surface area contributed by atoms with E-state index < -0.39 is 64.3 Å². The molecule has 200 valence electrons. The number of fused-ring (bicyclic) bond motifs is 2. The highest BCUT2D eigenvalue weighted by Gasteiger charge is 2.96. The first-order valence-corrected chi connectivity index (χ1v) is 13.4. The van der Waals surface area contributed by atoms with Crippen LogP contribution in [0.3, 0.4) is 0 Å². The zero-order chi connectivity index (χ0) is 26.0. The largest absolute Gasteiger partial charge is 0.481 e. The molecule has 14 atom stereocenters. The summed E-state index contributed by atoms with van der Waals surface area (Å²) in [5, 5.41) is 32.4. The molecule has 9 nitrogen and oxygen atoms in total. The van der Waals surface area contributed by atoms with Gasteiger partial charge in [0.25, 0.3) is 0 Å². The van der Waals surface area contributed by atoms with Crippen molar-refractivity contribution in [2.45, 2.75) is 83.6 Å². The van der Waals surface area contributed by atoms with E-state index in [1.54, 1.807) is 6.92 Å². The summed E-state index contributed by atoms with van der Waals surface area (Å²) in [6.45, 7) is 5.68. The summed E-state index contributed by atoms with van der Waals surface area (Å²) < 4.78 is 17.3. The van der Waals surface area contributed by atoms with Gasteiger partial charge in [-0.25, -0.2) is 0 Å². The minimum Gasteiger partial charge on any atom is -0.481 e. The fourth-order valence-corrected chi connectivity index (χ4v) is 10.6. The van der Waals surface area contributed by atoms with E-state index in [1.165, 1.54) is 7.11 Å². The Bertz CT molecular complexity index is 1000. The number of ether oxygens (including phenoxy) is 3. The van der Waals surface area contributed by atoms with Crippen molar-refractivity contribution in [2.75, 3.05) is 13.7 Å². The molecular formula is C27H38O9. The van der Waals surface area contributed by atoms with Crippen molar-refractivity contribution in [2.24, 2.45) is 51.2 Å². The van der Waals surface area contributed by atoms with Crippen LogP contribution in [0.1, 0.15) is 52.9 Å². The SMILES string of the molecule is CO[C@H]1[C@@H](O)[C@H](O)[C@H](OC[C@@]23C[C@@H]4[C@H](C)CC[C@H]4[C@@]4(C=O)C[C@@H]2C(=O)[C@]2(C[C@@H]2C)[C@@]34C(=O)O)O[C@@H]1C. The lowest BCUT2D eigenvalue weighted by Crippen LogP contribution is -2.66. The average Bonchev–Trinajstić information content (AvgIpc) is 3.22. The number of hydrogen-bond donors (Lipinski definition) is 3.